The van der Waals surface area contributed by atoms with Crippen LogP contribution in [0.2, 0.25) is 5.15 Å². The Morgan fingerprint density at radius 1 is 1.25 bits per heavy atom. The lowest BCUT2D eigenvalue weighted by molar-refractivity contribution is -0.192. The molecule has 2 unspecified atom stereocenters. The standard InChI is InChI=1S/C26H31ClF3N7O2S/c1-24(2)14-16(15-31-24)32-18-4-3-5-21(33-18)40-36-23(38)17-6-7-19(34-22(17)27)37-12-8-20(35-37)39-13-11-25(9-10-25)26(28,29)30/h3-8,12,16,20,31,35H,9-11,13-15H2,1-2H3,(H,32,33)(H,36,38). The molecule has 9 nitrogen and oxygen atoms in total. The first-order valence-corrected chi connectivity index (χ1v) is 14.2. The van der Waals surface area contributed by atoms with Crippen LogP contribution in [0.4, 0.5) is 24.8 Å². The van der Waals surface area contributed by atoms with Gasteiger partial charge in [0.05, 0.1) is 11.0 Å². The Hall–Kier alpha value is -2.58. The zero-order valence-corrected chi connectivity index (χ0v) is 23.6. The van der Waals surface area contributed by atoms with Crippen LogP contribution in [-0.2, 0) is 4.74 Å². The Kier molecular flexibility index (Phi) is 8.22. The first kappa shape index (κ1) is 28.9. The highest BCUT2D eigenvalue weighted by molar-refractivity contribution is 7.97. The Labute approximate surface area is 239 Å². The number of hydrazine groups is 1. The van der Waals surface area contributed by atoms with Crippen molar-refractivity contribution in [1.29, 1.82) is 0 Å². The van der Waals surface area contributed by atoms with E-state index in [0.717, 1.165) is 30.7 Å². The fraction of sp³-hybridized carbons (Fsp3) is 0.500. The van der Waals surface area contributed by atoms with Crippen LogP contribution in [0.25, 0.3) is 0 Å². The molecule has 0 bridgehead atoms. The van der Waals surface area contributed by atoms with Crippen molar-refractivity contribution >= 4 is 41.1 Å². The van der Waals surface area contributed by atoms with Crippen LogP contribution in [0.15, 0.2) is 47.6 Å². The van der Waals surface area contributed by atoms with Gasteiger partial charge >= 0.3 is 6.18 Å². The smallest absolute Gasteiger partial charge is 0.366 e. The van der Waals surface area contributed by atoms with E-state index in [1.807, 2.05) is 12.1 Å². The molecule has 2 fully saturated rings. The number of ether oxygens (including phenoxy) is 1. The molecular weight excluding hydrogens is 567 g/mol. The van der Waals surface area contributed by atoms with Gasteiger partial charge in [-0.3, -0.25) is 14.5 Å². The lowest BCUT2D eigenvalue weighted by Crippen LogP contribution is -2.38. The molecule has 2 aromatic rings. The molecule has 40 heavy (non-hydrogen) atoms. The van der Waals surface area contributed by atoms with Crippen molar-refractivity contribution < 1.29 is 22.7 Å². The minimum atomic E-state index is -4.20. The van der Waals surface area contributed by atoms with Gasteiger partial charge in [-0.25, -0.2) is 9.97 Å². The molecule has 4 N–H and O–H groups in total. The van der Waals surface area contributed by atoms with Gasteiger partial charge in [-0.05, 0) is 69.9 Å². The number of hydrogen-bond acceptors (Lipinski definition) is 9. The van der Waals surface area contributed by atoms with Crippen LogP contribution in [-0.4, -0.2) is 53.0 Å². The third kappa shape index (κ3) is 6.82. The molecule has 1 aliphatic carbocycles. The van der Waals surface area contributed by atoms with E-state index >= 15 is 0 Å². The van der Waals surface area contributed by atoms with E-state index in [1.165, 1.54) is 5.01 Å². The summed E-state index contributed by atoms with van der Waals surface area (Å²) in [6.07, 6.45) is -0.278. The maximum absolute atomic E-state index is 13.1. The summed E-state index contributed by atoms with van der Waals surface area (Å²) >= 11 is 7.39. The van der Waals surface area contributed by atoms with Crippen LogP contribution in [0.1, 0.15) is 49.9 Å². The molecule has 5 rings (SSSR count). The summed E-state index contributed by atoms with van der Waals surface area (Å²) in [5.41, 5.74) is 1.65. The number of rotatable bonds is 10. The summed E-state index contributed by atoms with van der Waals surface area (Å²) in [4.78, 5) is 21.6. The number of carbonyl (C=O) groups excluding carboxylic acids is 1. The van der Waals surface area contributed by atoms with Crippen LogP contribution < -0.4 is 25.8 Å². The number of halogens is 4. The molecule has 1 saturated heterocycles. The first-order chi connectivity index (χ1) is 18.9. The molecule has 0 aromatic carbocycles. The minimum Gasteiger partial charge on any atom is -0.366 e. The highest BCUT2D eigenvalue weighted by atomic mass is 35.5. The Balaban J connectivity index is 1.10. The van der Waals surface area contributed by atoms with E-state index < -0.39 is 23.7 Å². The number of alkyl halides is 3. The quantitative estimate of drug-likeness (QED) is 0.222. The van der Waals surface area contributed by atoms with E-state index in [2.05, 4.69) is 44.6 Å². The summed E-state index contributed by atoms with van der Waals surface area (Å²) in [6.45, 7) is 5.15. The minimum absolute atomic E-state index is 0.00394. The lowest BCUT2D eigenvalue weighted by atomic mass is 10.0. The number of pyridine rings is 2. The predicted octanol–water partition coefficient (Wildman–Crippen LogP) is 5.03. The van der Waals surface area contributed by atoms with E-state index in [4.69, 9.17) is 16.3 Å². The zero-order valence-electron chi connectivity index (χ0n) is 22.0. The van der Waals surface area contributed by atoms with Crippen LogP contribution in [0.3, 0.4) is 0 Å². The van der Waals surface area contributed by atoms with Crippen LogP contribution >= 0.6 is 23.5 Å². The van der Waals surface area contributed by atoms with Gasteiger partial charge in [-0.15, -0.1) is 0 Å². The number of nitrogens with one attached hydrogen (secondary N) is 4. The molecule has 0 spiro atoms. The average molecular weight is 598 g/mol. The molecule has 4 heterocycles. The largest absolute Gasteiger partial charge is 0.394 e. The van der Waals surface area contributed by atoms with Crippen LogP contribution in [0, 0.1) is 5.41 Å². The number of anilines is 2. The van der Waals surface area contributed by atoms with Gasteiger partial charge in [0, 0.05) is 42.9 Å². The fourth-order valence-electron chi connectivity index (χ4n) is 4.74. The molecule has 14 heteroatoms. The molecule has 3 aliphatic rings. The Morgan fingerprint density at radius 2 is 2.05 bits per heavy atom. The second kappa shape index (κ2) is 11.4. The third-order valence-corrected chi connectivity index (χ3v) is 8.25. The van der Waals surface area contributed by atoms with E-state index in [9.17, 15) is 18.0 Å². The predicted molar refractivity (Wildman–Crippen MR) is 148 cm³/mol. The van der Waals surface area contributed by atoms with Crippen molar-refractivity contribution in [3.05, 3.63) is 53.3 Å². The molecule has 2 atom stereocenters. The number of hydrogen-bond donors (Lipinski definition) is 4. The molecule has 2 aliphatic heterocycles. The van der Waals surface area contributed by atoms with Gasteiger partial charge in [-0.1, -0.05) is 17.7 Å². The summed E-state index contributed by atoms with van der Waals surface area (Å²) in [5, 5.41) is 9.04. The van der Waals surface area contributed by atoms with Gasteiger partial charge in [0.1, 0.15) is 28.0 Å². The van der Waals surface area contributed by atoms with E-state index in [-0.39, 0.29) is 48.2 Å². The van der Waals surface area contributed by atoms with Gasteiger partial charge in [-0.2, -0.15) is 18.6 Å². The van der Waals surface area contributed by atoms with Crippen molar-refractivity contribution in [1.82, 2.24) is 25.4 Å². The summed E-state index contributed by atoms with van der Waals surface area (Å²) < 4.78 is 47.6. The summed E-state index contributed by atoms with van der Waals surface area (Å²) in [5.74, 6) is 0.699. The topological polar surface area (TPSA) is 103 Å². The molecule has 2 aromatic heterocycles. The fourth-order valence-corrected chi connectivity index (χ4v) is 5.57. The summed E-state index contributed by atoms with van der Waals surface area (Å²) in [6, 6.07) is 8.98. The Bertz CT molecular complexity index is 1280. The maximum atomic E-state index is 13.1. The molecule has 1 amide bonds. The normalized spacial score (nSPS) is 22.9. The highest BCUT2D eigenvalue weighted by Crippen LogP contribution is 2.59. The van der Waals surface area contributed by atoms with E-state index in [1.54, 1.807) is 30.5 Å². The Morgan fingerprint density at radius 3 is 2.73 bits per heavy atom. The second-order valence-electron chi connectivity index (χ2n) is 10.9. The van der Waals surface area contributed by atoms with Gasteiger partial charge in [0.25, 0.3) is 5.91 Å². The maximum Gasteiger partial charge on any atom is 0.394 e. The zero-order chi connectivity index (χ0) is 28.5. The number of carbonyl (C=O) groups is 1. The van der Waals surface area contributed by atoms with Gasteiger partial charge < -0.3 is 15.4 Å². The van der Waals surface area contributed by atoms with E-state index in [0.29, 0.717) is 10.8 Å². The molecular formula is C26H31ClF3N7O2S. The number of aromatic nitrogens is 2. The molecule has 0 radical (unpaired) electrons. The SMILES string of the molecule is CC1(C)CC(Nc2cccc(SNC(=O)c3ccc(N4C=CC(OCCC5(C(F)(F)F)CC5)N4)nc3Cl)n2)CN1. The van der Waals surface area contributed by atoms with Crippen molar-refractivity contribution in [2.75, 3.05) is 23.5 Å². The van der Waals surface area contributed by atoms with Crippen molar-refractivity contribution in [3.63, 3.8) is 0 Å². The van der Waals surface area contributed by atoms with Crippen molar-refractivity contribution in [2.45, 2.75) is 68.5 Å². The second-order valence-corrected chi connectivity index (χ2v) is 12.1. The third-order valence-electron chi connectivity index (χ3n) is 7.24. The summed E-state index contributed by atoms with van der Waals surface area (Å²) in [7, 11) is 0. The molecule has 216 valence electrons. The van der Waals surface area contributed by atoms with Crippen molar-refractivity contribution in [3.8, 4) is 0 Å². The van der Waals surface area contributed by atoms with Crippen LogP contribution in [0.5, 0.6) is 0 Å². The monoisotopic (exact) mass is 597 g/mol. The highest BCUT2D eigenvalue weighted by Gasteiger charge is 2.62. The number of amides is 1. The molecule has 1 saturated carbocycles. The van der Waals surface area contributed by atoms with Gasteiger partial charge in [0.2, 0.25) is 0 Å². The number of nitrogens with zero attached hydrogens (tertiary/aromatic N) is 3. The van der Waals surface area contributed by atoms with Crippen molar-refractivity contribution in [2.24, 2.45) is 5.41 Å². The first-order valence-electron chi connectivity index (χ1n) is 13.0. The lowest BCUT2D eigenvalue weighted by Gasteiger charge is -2.22. The van der Waals surface area contributed by atoms with Gasteiger partial charge in [0.15, 0.2) is 0 Å². The average Bonchev–Trinajstić information content (AvgIpc) is 3.42.